The second kappa shape index (κ2) is 11.0. The number of amides is 3. The molecule has 3 amide bonds. The van der Waals surface area contributed by atoms with Gasteiger partial charge in [-0.25, -0.2) is 14.5 Å². The Bertz CT molecular complexity index is 1660. The van der Waals surface area contributed by atoms with Crippen molar-refractivity contribution in [2.75, 3.05) is 22.6 Å². The summed E-state index contributed by atoms with van der Waals surface area (Å²) in [5.74, 6) is 1.22. The van der Waals surface area contributed by atoms with Gasteiger partial charge in [0, 0.05) is 29.1 Å². The highest BCUT2D eigenvalue weighted by molar-refractivity contribution is 6.07. The second-order valence-corrected chi connectivity index (χ2v) is 8.84. The van der Waals surface area contributed by atoms with Crippen molar-refractivity contribution in [3.05, 3.63) is 96.3 Å². The summed E-state index contributed by atoms with van der Waals surface area (Å²) in [5.41, 5.74) is 3.34. The van der Waals surface area contributed by atoms with Crippen LogP contribution < -0.4 is 20.7 Å². The Morgan fingerprint density at radius 3 is 2.44 bits per heavy atom. The molecule has 0 aliphatic rings. The van der Waals surface area contributed by atoms with E-state index in [2.05, 4.69) is 26.0 Å². The van der Waals surface area contributed by atoms with Crippen molar-refractivity contribution >= 4 is 40.0 Å². The Morgan fingerprint density at radius 1 is 0.897 bits per heavy atom. The van der Waals surface area contributed by atoms with E-state index in [0.717, 1.165) is 27.7 Å². The monoisotopic (exact) mass is 522 g/mol. The largest absolute Gasteiger partial charge is 0.457 e. The van der Waals surface area contributed by atoms with Crippen LogP contribution in [0.4, 0.5) is 22.1 Å². The second-order valence-electron chi connectivity index (χ2n) is 8.84. The van der Waals surface area contributed by atoms with Gasteiger partial charge in [-0.3, -0.25) is 10.1 Å². The number of urea groups is 1. The number of aryl methyl sites for hydroxylation is 2. The minimum atomic E-state index is -0.645. The van der Waals surface area contributed by atoms with Crippen LogP contribution in [0.2, 0.25) is 0 Å². The maximum absolute atomic E-state index is 13.0. The number of carbonyl (C=O) groups excluding carboxylic acids is 2. The molecular weight excluding hydrogens is 496 g/mol. The Morgan fingerprint density at radius 2 is 1.67 bits per heavy atom. The average molecular weight is 523 g/mol. The van der Waals surface area contributed by atoms with Crippen LogP contribution in [-0.2, 0) is 4.79 Å². The van der Waals surface area contributed by atoms with Crippen molar-refractivity contribution in [2.45, 2.75) is 13.8 Å². The Hall–Kier alpha value is -5.22. The van der Waals surface area contributed by atoms with Crippen molar-refractivity contribution < 1.29 is 19.4 Å². The van der Waals surface area contributed by atoms with Gasteiger partial charge in [0.15, 0.2) is 0 Å². The number of nitrogens with zero attached hydrogens (tertiary/aromatic N) is 3. The van der Waals surface area contributed by atoms with Crippen LogP contribution in [0, 0.1) is 13.8 Å². The fourth-order valence-electron chi connectivity index (χ4n) is 4.06. The standard InChI is InChI=1S/C29H26N6O4/c1-18-7-9-20(10-8-18)35-27(15-19(2)34-35)33-29(38)31-24-11-12-25(23-6-4-3-5-22(23)24)39-21-13-14-30-26(16-21)32-28(37)17-36/h3-16,36H,17H2,1-2H3,(H,30,32,37)(H2,31,33,38). The molecule has 0 saturated carbocycles. The number of carbonyl (C=O) groups is 2. The van der Waals surface area contributed by atoms with Crippen LogP contribution in [0.3, 0.4) is 0 Å². The molecule has 0 aliphatic carbocycles. The molecular formula is C29H26N6O4. The number of aliphatic hydroxyl groups excluding tert-OH is 1. The van der Waals surface area contributed by atoms with Crippen LogP contribution >= 0.6 is 0 Å². The zero-order chi connectivity index (χ0) is 27.4. The van der Waals surface area contributed by atoms with Crippen LogP contribution in [0.1, 0.15) is 11.3 Å². The molecule has 0 spiro atoms. The topological polar surface area (TPSA) is 130 Å². The van der Waals surface area contributed by atoms with Crippen LogP contribution in [0.15, 0.2) is 85.1 Å². The summed E-state index contributed by atoms with van der Waals surface area (Å²) in [6.07, 6.45) is 1.49. The number of ether oxygens (including phenoxy) is 1. The molecule has 5 aromatic rings. The van der Waals surface area contributed by atoms with Gasteiger partial charge in [0.1, 0.15) is 29.7 Å². The molecule has 0 radical (unpaired) electrons. The maximum atomic E-state index is 13.0. The lowest BCUT2D eigenvalue weighted by atomic mass is 10.1. The number of hydrogen-bond acceptors (Lipinski definition) is 6. The molecule has 0 bridgehead atoms. The van der Waals surface area contributed by atoms with Crippen molar-refractivity contribution in [3.63, 3.8) is 0 Å². The predicted octanol–water partition coefficient (Wildman–Crippen LogP) is 5.40. The van der Waals surface area contributed by atoms with Gasteiger partial charge in [-0.1, -0.05) is 42.0 Å². The molecule has 5 rings (SSSR count). The number of rotatable bonds is 7. The Kier molecular flexibility index (Phi) is 7.19. The first kappa shape index (κ1) is 25.4. The van der Waals surface area contributed by atoms with Crippen molar-refractivity contribution in [2.24, 2.45) is 0 Å². The van der Waals surface area contributed by atoms with E-state index in [-0.39, 0.29) is 5.82 Å². The Labute approximate surface area is 224 Å². The van der Waals surface area contributed by atoms with Gasteiger partial charge in [-0.15, -0.1) is 0 Å². The lowest BCUT2D eigenvalue weighted by Crippen LogP contribution is -2.21. The summed E-state index contributed by atoms with van der Waals surface area (Å²) in [6, 6.07) is 23.5. The molecule has 0 atom stereocenters. The summed E-state index contributed by atoms with van der Waals surface area (Å²) < 4.78 is 7.78. The van der Waals surface area contributed by atoms with Crippen LogP contribution in [0.25, 0.3) is 16.5 Å². The maximum Gasteiger partial charge on any atom is 0.324 e. The van der Waals surface area contributed by atoms with E-state index in [0.29, 0.717) is 23.0 Å². The molecule has 0 aliphatic heterocycles. The normalized spacial score (nSPS) is 10.7. The average Bonchev–Trinajstić information content (AvgIpc) is 3.30. The van der Waals surface area contributed by atoms with Gasteiger partial charge in [-0.05, 0) is 44.2 Å². The summed E-state index contributed by atoms with van der Waals surface area (Å²) >= 11 is 0. The molecule has 39 heavy (non-hydrogen) atoms. The van der Waals surface area contributed by atoms with Crippen LogP contribution in [-0.4, -0.2) is 38.4 Å². The molecule has 2 heterocycles. The molecule has 0 saturated heterocycles. The quantitative estimate of drug-likeness (QED) is 0.226. The van der Waals surface area contributed by atoms with E-state index >= 15 is 0 Å². The van der Waals surface area contributed by atoms with Crippen LogP contribution in [0.5, 0.6) is 11.5 Å². The lowest BCUT2D eigenvalue weighted by Gasteiger charge is -2.14. The van der Waals surface area contributed by atoms with Gasteiger partial charge < -0.3 is 20.5 Å². The SMILES string of the molecule is Cc1ccc(-n2nc(C)cc2NC(=O)Nc2ccc(Oc3ccnc(NC(=O)CO)c3)c3ccccc23)cc1. The lowest BCUT2D eigenvalue weighted by molar-refractivity contribution is -0.118. The first-order valence-electron chi connectivity index (χ1n) is 12.2. The van der Waals surface area contributed by atoms with E-state index in [1.54, 1.807) is 35.0 Å². The number of hydrogen-bond donors (Lipinski definition) is 4. The zero-order valence-electron chi connectivity index (χ0n) is 21.3. The first-order valence-corrected chi connectivity index (χ1v) is 12.2. The highest BCUT2D eigenvalue weighted by Crippen LogP contribution is 2.35. The fraction of sp³-hybridized carbons (Fsp3) is 0.103. The predicted molar refractivity (Wildman–Crippen MR) is 150 cm³/mol. The van der Waals surface area contributed by atoms with Gasteiger partial charge in [0.2, 0.25) is 0 Å². The molecule has 0 fully saturated rings. The molecule has 196 valence electrons. The van der Waals surface area contributed by atoms with Crippen molar-refractivity contribution in [3.8, 4) is 17.2 Å². The van der Waals surface area contributed by atoms with E-state index in [9.17, 15) is 9.59 Å². The van der Waals surface area contributed by atoms with Crippen molar-refractivity contribution in [1.82, 2.24) is 14.8 Å². The van der Waals surface area contributed by atoms with Gasteiger partial charge in [0.05, 0.1) is 17.1 Å². The summed E-state index contributed by atoms with van der Waals surface area (Å²) in [7, 11) is 0. The third-order valence-electron chi connectivity index (χ3n) is 5.85. The van der Waals surface area contributed by atoms with E-state index in [4.69, 9.17) is 9.84 Å². The molecule has 3 aromatic carbocycles. The zero-order valence-corrected chi connectivity index (χ0v) is 21.3. The molecule has 0 unspecified atom stereocenters. The van der Waals surface area contributed by atoms with Gasteiger partial charge in [-0.2, -0.15) is 5.10 Å². The van der Waals surface area contributed by atoms with Gasteiger partial charge >= 0.3 is 6.03 Å². The number of aromatic nitrogens is 3. The molecule has 10 nitrogen and oxygen atoms in total. The van der Waals surface area contributed by atoms with E-state index in [1.807, 2.05) is 62.4 Å². The van der Waals surface area contributed by atoms with Gasteiger partial charge in [0.25, 0.3) is 5.91 Å². The molecule has 4 N–H and O–H groups in total. The number of nitrogens with one attached hydrogen (secondary N) is 3. The summed E-state index contributed by atoms with van der Waals surface area (Å²) in [5, 5.41) is 23.3. The minimum absolute atomic E-state index is 0.255. The Balaban J connectivity index is 1.37. The third kappa shape index (κ3) is 5.86. The third-order valence-corrected chi connectivity index (χ3v) is 5.85. The highest BCUT2D eigenvalue weighted by atomic mass is 16.5. The summed E-state index contributed by atoms with van der Waals surface area (Å²) in [4.78, 5) is 28.6. The van der Waals surface area contributed by atoms with Crippen molar-refractivity contribution in [1.29, 1.82) is 0 Å². The highest BCUT2D eigenvalue weighted by Gasteiger charge is 2.14. The smallest absolute Gasteiger partial charge is 0.324 e. The van der Waals surface area contributed by atoms with E-state index < -0.39 is 18.5 Å². The number of fused-ring (bicyclic) bond motifs is 1. The number of aliphatic hydroxyl groups is 1. The number of benzene rings is 3. The molecule has 10 heteroatoms. The fourth-order valence-corrected chi connectivity index (χ4v) is 4.06. The minimum Gasteiger partial charge on any atom is -0.457 e. The molecule has 2 aromatic heterocycles. The number of pyridine rings is 1. The van der Waals surface area contributed by atoms with E-state index in [1.165, 1.54) is 6.20 Å². The number of anilines is 3. The first-order chi connectivity index (χ1) is 18.9. The summed E-state index contributed by atoms with van der Waals surface area (Å²) in [6.45, 7) is 3.23.